The lowest BCUT2D eigenvalue weighted by Gasteiger charge is -2.05. The van der Waals surface area contributed by atoms with E-state index in [1.54, 1.807) is 10.6 Å². The Hall–Kier alpha value is -3.03. The second kappa shape index (κ2) is 8.11. The van der Waals surface area contributed by atoms with Gasteiger partial charge in [-0.2, -0.15) is 4.57 Å². The van der Waals surface area contributed by atoms with Crippen molar-refractivity contribution in [2.24, 2.45) is 5.14 Å². The van der Waals surface area contributed by atoms with Crippen LogP contribution in [-0.4, -0.2) is 14.3 Å². The van der Waals surface area contributed by atoms with Crippen LogP contribution in [0.2, 0.25) is 0 Å². The summed E-state index contributed by atoms with van der Waals surface area (Å²) in [6.45, 7) is 0.116. The SMILES string of the molecule is NS(=O)(=O)c1cccc(NC(=O)C[n+]2ccc(Cc3ccccc3)cc2)c1. The highest BCUT2D eigenvalue weighted by Gasteiger charge is 2.12. The van der Waals surface area contributed by atoms with E-state index in [0.29, 0.717) is 5.69 Å². The Balaban J connectivity index is 1.61. The van der Waals surface area contributed by atoms with E-state index in [0.717, 1.165) is 12.0 Å². The Morgan fingerprint density at radius 1 is 0.926 bits per heavy atom. The highest BCUT2D eigenvalue weighted by atomic mass is 32.2. The first-order valence-electron chi connectivity index (χ1n) is 8.35. The molecular formula is C20H20N3O3S+. The van der Waals surface area contributed by atoms with E-state index in [2.05, 4.69) is 17.4 Å². The molecule has 0 bridgehead atoms. The second-order valence-electron chi connectivity index (χ2n) is 6.16. The van der Waals surface area contributed by atoms with Gasteiger partial charge in [0.05, 0.1) is 4.90 Å². The third-order valence-corrected chi connectivity index (χ3v) is 4.89. The Kier molecular flexibility index (Phi) is 5.63. The zero-order valence-electron chi connectivity index (χ0n) is 14.6. The number of rotatable bonds is 6. The van der Waals surface area contributed by atoms with E-state index >= 15 is 0 Å². The van der Waals surface area contributed by atoms with Crippen LogP contribution >= 0.6 is 0 Å². The third-order valence-electron chi connectivity index (χ3n) is 3.98. The molecule has 3 aromatic rings. The summed E-state index contributed by atoms with van der Waals surface area (Å²) in [5.41, 5.74) is 2.76. The van der Waals surface area contributed by atoms with Crippen LogP contribution < -0.4 is 15.0 Å². The molecule has 0 saturated heterocycles. The van der Waals surface area contributed by atoms with Crippen molar-refractivity contribution in [3.63, 3.8) is 0 Å². The maximum Gasteiger partial charge on any atom is 0.290 e. The first-order chi connectivity index (χ1) is 12.9. The molecule has 2 aromatic carbocycles. The Labute approximate surface area is 158 Å². The summed E-state index contributed by atoms with van der Waals surface area (Å²) in [6.07, 6.45) is 4.52. The van der Waals surface area contributed by atoms with E-state index in [9.17, 15) is 13.2 Å². The number of nitrogens with two attached hydrogens (primary N) is 1. The molecule has 0 saturated carbocycles. The number of aromatic nitrogens is 1. The average Bonchev–Trinajstić information content (AvgIpc) is 2.64. The highest BCUT2D eigenvalue weighted by molar-refractivity contribution is 7.89. The first kappa shape index (κ1) is 18.8. The van der Waals surface area contributed by atoms with Crippen LogP contribution in [-0.2, 0) is 27.8 Å². The standard InChI is InChI=1S/C20H19N3O3S/c21-27(25,26)19-8-4-7-18(14-19)22-20(24)15-23-11-9-17(10-12-23)13-16-5-2-1-3-6-16/h1-12,14H,13,15H2,(H2-,21,22,24,25,26)/p+1. The fraction of sp³-hybridized carbons (Fsp3) is 0.100. The van der Waals surface area contributed by atoms with E-state index in [-0.39, 0.29) is 17.3 Å². The van der Waals surface area contributed by atoms with Crippen molar-refractivity contribution in [2.45, 2.75) is 17.9 Å². The van der Waals surface area contributed by atoms with Crippen LogP contribution in [0.25, 0.3) is 0 Å². The molecule has 3 N–H and O–H groups in total. The van der Waals surface area contributed by atoms with Gasteiger partial charge in [-0.15, -0.1) is 0 Å². The zero-order valence-corrected chi connectivity index (χ0v) is 15.4. The molecule has 0 radical (unpaired) electrons. The van der Waals surface area contributed by atoms with Crippen LogP contribution in [0.15, 0.2) is 84.0 Å². The van der Waals surface area contributed by atoms with Crippen molar-refractivity contribution in [3.8, 4) is 0 Å². The van der Waals surface area contributed by atoms with Gasteiger partial charge in [0.2, 0.25) is 16.6 Å². The van der Waals surface area contributed by atoms with Gasteiger partial charge in [-0.3, -0.25) is 4.79 Å². The monoisotopic (exact) mass is 382 g/mol. The number of pyridine rings is 1. The predicted octanol–water partition coefficient (Wildman–Crippen LogP) is 1.85. The molecular weight excluding hydrogens is 362 g/mol. The lowest BCUT2D eigenvalue weighted by Crippen LogP contribution is -2.39. The summed E-state index contributed by atoms with van der Waals surface area (Å²) in [4.78, 5) is 12.2. The molecule has 0 aliphatic heterocycles. The molecule has 6 nitrogen and oxygen atoms in total. The van der Waals surface area contributed by atoms with Crippen LogP contribution in [0, 0.1) is 0 Å². The van der Waals surface area contributed by atoms with Gasteiger partial charge in [-0.1, -0.05) is 36.4 Å². The summed E-state index contributed by atoms with van der Waals surface area (Å²) in [5, 5.41) is 7.78. The smallest absolute Gasteiger partial charge is 0.290 e. The zero-order chi connectivity index (χ0) is 19.3. The van der Waals surface area contributed by atoms with E-state index in [1.165, 1.54) is 23.8 Å². The largest absolute Gasteiger partial charge is 0.321 e. The van der Waals surface area contributed by atoms with Crippen LogP contribution in [0.4, 0.5) is 5.69 Å². The molecule has 0 fully saturated rings. The number of sulfonamides is 1. The number of nitrogens with one attached hydrogen (secondary N) is 1. The Morgan fingerprint density at radius 2 is 1.59 bits per heavy atom. The lowest BCUT2D eigenvalue weighted by atomic mass is 10.1. The van der Waals surface area contributed by atoms with Crippen molar-refractivity contribution in [1.29, 1.82) is 0 Å². The number of amides is 1. The van der Waals surface area contributed by atoms with Crippen LogP contribution in [0.5, 0.6) is 0 Å². The van der Waals surface area contributed by atoms with Gasteiger partial charge in [-0.25, -0.2) is 13.6 Å². The molecule has 27 heavy (non-hydrogen) atoms. The Bertz CT molecular complexity index is 1030. The van der Waals surface area contributed by atoms with Crippen molar-refractivity contribution in [1.82, 2.24) is 0 Å². The number of hydrogen-bond donors (Lipinski definition) is 2. The molecule has 1 amide bonds. The fourth-order valence-electron chi connectivity index (χ4n) is 2.66. The van der Waals surface area contributed by atoms with E-state index < -0.39 is 10.0 Å². The van der Waals surface area contributed by atoms with Crippen LogP contribution in [0.1, 0.15) is 11.1 Å². The van der Waals surface area contributed by atoms with Crippen molar-refractivity contribution >= 4 is 21.6 Å². The minimum Gasteiger partial charge on any atom is -0.321 e. The molecule has 0 aliphatic rings. The molecule has 7 heteroatoms. The summed E-state index contributed by atoms with van der Waals surface area (Å²) < 4.78 is 24.5. The van der Waals surface area contributed by atoms with Gasteiger partial charge < -0.3 is 5.32 Å². The minimum atomic E-state index is -3.81. The van der Waals surface area contributed by atoms with Gasteiger partial charge in [0, 0.05) is 17.8 Å². The maximum absolute atomic E-state index is 12.2. The number of hydrogen-bond acceptors (Lipinski definition) is 3. The van der Waals surface area contributed by atoms with Gasteiger partial charge >= 0.3 is 0 Å². The summed E-state index contributed by atoms with van der Waals surface area (Å²) >= 11 is 0. The average molecular weight is 382 g/mol. The van der Waals surface area contributed by atoms with Gasteiger partial charge in [0.25, 0.3) is 5.91 Å². The van der Waals surface area contributed by atoms with Gasteiger partial charge in [0.15, 0.2) is 12.4 Å². The number of nitrogens with zero attached hydrogens (tertiary/aromatic N) is 1. The van der Waals surface area contributed by atoms with Gasteiger partial charge in [-0.05, 0) is 35.7 Å². The third kappa shape index (κ3) is 5.47. The predicted molar refractivity (Wildman–Crippen MR) is 102 cm³/mol. The van der Waals surface area contributed by atoms with E-state index in [4.69, 9.17) is 5.14 Å². The topological polar surface area (TPSA) is 93.1 Å². The number of carbonyl (C=O) groups excluding carboxylic acids is 1. The molecule has 138 valence electrons. The summed E-state index contributed by atoms with van der Waals surface area (Å²) in [6, 6.07) is 20.0. The summed E-state index contributed by atoms with van der Waals surface area (Å²) in [7, 11) is -3.81. The minimum absolute atomic E-state index is 0.0433. The van der Waals surface area contributed by atoms with E-state index in [1.807, 2.05) is 42.7 Å². The maximum atomic E-state index is 12.2. The Morgan fingerprint density at radius 3 is 2.26 bits per heavy atom. The first-order valence-corrected chi connectivity index (χ1v) is 9.89. The lowest BCUT2D eigenvalue weighted by molar-refractivity contribution is -0.684. The number of anilines is 1. The quantitative estimate of drug-likeness (QED) is 0.637. The second-order valence-corrected chi connectivity index (χ2v) is 7.72. The fourth-order valence-corrected chi connectivity index (χ4v) is 3.22. The normalized spacial score (nSPS) is 11.1. The molecule has 1 heterocycles. The number of carbonyl (C=O) groups is 1. The van der Waals surface area contributed by atoms with Crippen molar-refractivity contribution in [2.75, 3.05) is 5.32 Å². The van der Waals surface area contributed by atoms with Crippen molar-refractivity contribution < 1.29 is 17.8 Å². The van der Waals surface area contributed by atoms with Gasteiger partial charge in [0.1, 0.15) is 0 Å². The number of benzene rings is 2. The summed E-state index contributed by atoms with van der Waals surface area (Å²) in [5.74, 6) is -0.262. The highest BCUT2D eigenvalue weighted by Crippen LogP contribution is 2.14. The molecule has 0 spiro atoms. The molecule has 0 aliphatic carbocycles. The molecule has 0 unspecified atom stereocenters. The van der Waals surface area contributed by atoms with Crippen molar-refractivity contribution in [3.05, 3.63) is 90.3 Å². The van der Waals surface area contributed by atoms with Crippen LogP contribution in [0.3, 0.4) is 0 Å². The number of primary sulfonamides is 1. The molecule has 3 rings (SSSR count). The molecule has 0 atom stereocenters. The molecule has 1 aromatic heterocycles.